The van der Waals surface area contributed by atoms with Gasteiger partial charge in [-0.05, 0) is 182 Å². The highest BCUT2D eigenvalue weighted by Crippen LogP contribution is 2.40. The molecule has 89 heavy (non-hydrogen) atoms. The average Bonchev–Trinajstić information content (AvgIpc) is 2.18. The highest BCUT2D eigenvalue weighted by Gasteiger charge is 2.41. The zero-order valence-corrected chi connectivity index (χ0v) is 52.8. The van der Waals surface area contributed by atoms with E-state index in [4.69, 9.17) is 33.1 Å². The van der Waals surface area contributed by atoms with Crippen LogP contribution in [-0.2, 0) is 60.4 Å². The second-order valence-corrected chi connectivity index (χ2v) is 30.5. The normalized spacial score (nSPS) is 13.1. The van der Waals surface area contributed by atoms with Gasteiger partial charge < -0.3 is 31.7 Å². The second-order valence-electron chi connectivity index (χ2n) is 20.2. The summed E-state index contributed by atoms with van der Waals surface area (Å²) in [4.78, 5) is -1.56. The predicted octanol–water partition coefficient (Wildman–Crippen LogP) is 12.5. The molecule has 0 aliphatic rings. The van der Waals surface area contributed by atoms with E-state index in [1.165, 1.54) is 140 Å². The minimum atomic E-state index is -5.56. The summed E-state index contributed by atoms with van der Waals surface area (Å²) in [6.07, 6.45) is 0.115. The van der Waals surface area contributed by atoms with Crippen LogP contribution in [0.15, 0.2) is 225 Å². The van der Waals surface area contributed by atoms with E-state index in [9.17, 15) is 65.3 Å². The first-order valence-corrected chi connectivity index (χ1v) is 35.6. The Labute approximate surface area is 520 Å². The second kappa shape index (κ2) is 25.6. The Morgan fingerprint density at radius 3 is 1.42 bits per heavy atom. The van der Waals surface area contributed by atoms with Gasteiger partial charge in [-0.15, -0.1) is 0 Å². The van der Waals surface area contributed by atoms with E-state index < -0.39 is 92.9 Å². The summed E-state index contributed by atoms with van der Waals surface area (Å²) in [5.41, 5.74) is 1.20. The minimum absolute atomic E-state index is 0.0338. The maximum absolute atomic E-state index is 14.3. The van der Waals surface area contributed by atoms with Gasteiger partial charge in [-0.2, -0.15) is 42.1 Å². The van der Waals surface area contributed by atoms with E-state index >= 15 is 0 Å². The molecule has 9 aromatic carbocycles. The number of hydrogen-bond donors (Lipinski definition) is 3. The van der Waals surface area contributed by atoms with Crippen LogP contribution in [0.2, 0.25) is 5.02 Å². The van der Waals surface area contributed by atoms with Crippen LogP contribution < -0.4 is 21.5 Å². The van der Waals surface area contributed by atoms with Gasteiger partial charge in [-0.25, -0.2) is 8.42 Å². The van der Waals surface area contributed by atoms with Crippen LogP contribution in [0, 0.1) is 0 Å². The fraction of sp³-hybridized carbons (Fsp3) is 0.129. The van der Waals surface area contributed by atoms with Gasteiger partial charge in [-0.1, -0.05) is 92.2 Å². The lowest BCUT2D eigenvalue weighted by atomic mass is 9.98. The van der Waals surface area contributed by atoms with E-state index in [0.29, 0.717) is 28.9 Å². The zero-order chi connectivity index (χ0) is 64.4. The van der Waals surface area contributed by atoms with Gasteiger partial charge in [0.05, 0.1) is 15.9 Å². The van der Waals surface area contributed by atoms with Crippen LogP contribution in [-0.4, -0.2) is 71.4 Å². The highest BCUT2D eigenvalue weighted by molar-refractivity contribution is 8.03. The summed E-state index contributed by atoms with van der Waals surface area (Å²) in [5.74, 6) is -1.57. The molecule has 9 aromatic rings. The molecule has 0 aromatic heterocycles. The smallest absolute Gasteiger partial charge is 0.339 e. The Morgan fingerprint density at radius 1 is 0.438 bits per heavy atom. The van der Waals surface area contributed by atoms with E-state index in [0.717, 1.165) is 54.6 Å². The van der Waals surface area contributed by atoms with Gasteiger partial charge in [0.1, 0.15) is 54.9 Å². The van der Waals surface area contributed by atoms with Crippen LogP contribution in [0.25, 0.3) is 33.4 Å². The van der Waals surface area contributed by atoms with E-state index in [2.05, 4.69) is 0 Å². The standard InChI is InChI=1S/C62H53ClO20S6/c1-5-40(4)55-38-53(32-33-58(55)83-88(75,76)59-9-7-6-8-54(59)41-14-23-48(24-15-41)80-86(71,72)60-34-18-45(63)36-56(60)42-10-19-46(64)20-11-42)84(66,67)52-30-27-50(28-31-52)82-89(77,78)62(85(68,69)70)44-16-25-49(26-17-44)81-87(73,74)61-35-29-51(79-39(2)3)37-57(61)43-12-21-47(65)22-13-43/h6-40,62,64-65H,5H2,1-4H3,(H,68,69,70). The number of halogens is 1. The van der Waals surface area contributed by atoms with Crippen molar-refractivity contribution in [2.75, 3.05) is 0 Å². The molecule has 9 rings (SSSR count). The number of rotatable bonds is 23. The molecule has 0 spiro atoms. The van der Waals surface area contributed by atoms with Crippen molar-refractivity contribution in [1.82, 2.24) is 0 Å². The topological polar surface area (TPSA) is 312 Å². The van der Waals surface area contributed by atoms with E-state index in [1.54, 1.807) is 33.8 Å². The number of hydrogen-bond acceptors (Lipinski definition) is 19. The van der Waals surface area contributed by atoms with Crippen molar-refractivity contribution >= 4 is 72.0 Å². The van der Waals surface area contributed by atoms with E-state index in [1.807, 2.05) is 0 Å². The lowest BCUT2D eigenvalue weighted by Crippen LogP contribution is -2.26. The third kappa shape index (κ3) is 14.8. The maximum atomic E-state index is 14.3. The molecule has 464 valence electrons. The molecule has 0 fully saturated rings. The van der Waals surface area contributed by atoms with Crippen molar-refractivity contribution in [3.05, 3.63) is 216 Å². The van der Waals surface area contributed by atoms with Crippen molar-refractivity contribution in [2.45, 2.75) is 75.2 Å². The van der Waals surface area contributed by atoms with Gasteiger partial charge in [0.25, 0.3) is 10.1 Å². The molecule has 27 heteroatoms. The molecule has 0 saturated carbocycles. The third-order valence-corrected chi connectivity index (χ3v) is 22.9. The van der Waals surface area contributed by atoms with Gasteiger partial charge in [0, 0.05) is 27.3 Å². The maximum Gasteiger partial charge on any atom is 0.339 e. The molecule has 0 bridgehead atoms. The molecule has 0 radical (unpaired) electrons. The van der Waals surface area contributed by atoms with Crippen molar-refractivity contribution in [1.29, 1.82) is 0 Å². The Morgan fingerprint density at radius 2 is 0.876 bits per heavy atom. The zero-order valence-electron chi connectivity index (χ0n) is 47.1. The van der Waals surface area contributed by atoms with Crippen LogP contribution in [0.1, 0.15) is 55.7 Å². The first kappa shape index (κ1) is 65.0. The fourth-order valence-electron chi connectivity index (χ4n) is 9.18. The summed E-state index contributed by atoms with van der Waals surface area (Å²) in [6, 6.07) is 42.0. The summed E-state index contributed by atoms with van der Waals surface area (Å²) >= 11 is 6.22. The molecule has 2 unspecified atom stereocenters. The quantitative estimate of drug-likeness (QED) is 0.0396. The molecule has 3 N–H and O–H groups in total. The third-order valence-electron chi connectivity index (χ3n) is 13.6. The number of benzene rings is 9. The van der Waals surface area contributed by atoms with Gasteiger partial charge in [-0.3, -0.25) is 4.55 Å². The Bertz CT molecular complexity index is 4840. The van der Waals surface area contributed by atoms with Crippen LogP contribution >= 0.6 is 11.6 Å². The molecule has 2 atom stereocenters. The number of phenolic OH excluding ortho intramolecular Hbond substituents is 2. The molecule has 0 aliphatic heterocycles. The molecule has 20 nitrogen and oxygen atoms in total. The lowest BCUT2D eigenvalue weighted by Gasteiger charge is -2.18. The Balaban J connectivity index is 0.904. The number of aromatic hydroxyl groups is 2. The summed E-state index contributed by atoms with van der Waals surface area (Å²) in [5, 5.41) is 19.9. The predicted molar refractivity (Wildman–Crippen MR) is 331 cm³/mol. The van der Waals surface area contributed by atoms with Crippen LogP contribution in [0.5, 0.6) is 40.2 Å². The van der Waals surface area contributed by atoms with Crippen molar-refractivity contribution in [2.24, 2.45) is 0 Å². The van der Waals surface area contributed by atoms with Crippen molar-refractivity contribution < 1.29 is 86.7 Å². The molecular formula is C62H53ClO20S6. The molecular weight excluding hydrogens is 1290 g/mol. The molecule has 0 saturated heterocycles. The van der Waals surface area contributed by atoms with Crippen molar-refractivity contribution in [3.63, 3.8) is 0 Å². The monoisotopic (exact) mass is 1340 g/mol. The molecule has 0 aliphatic carbocycles. The van der Waals surface area contributed by atoms with Gasteiger partial charge in [0.2, 0.25) is 14.4 Å². The highest BCUT2D eigenvalue weighted by atomic mass is 35.5. The Kier molecular flexibility index (Phi) is 18.7. The SMILES string of the molecule is CCC(C)c1cc(S(=O)(=O)c2ccc(OS(=O)(=O)C(c3ccc(OS(=O)(=O)c4ccc(OC(C)C)cc4-c4ccc(O)cc4)cc3)S(=O)(=O)O)cc2)ccc1OS(=O)(=O)c1ccccc1-c1ccc(OS(=O)(=O)c2ccc(Cl)cc2-c2ccc(O)cc2)cc1. The first-order valence-electron chi connectivity index (χ1n) is 26.6. The van der Waals surface area contributed by atoms with Crippen LogP contribution in [0.4, 0.5) is 0 Å². The summed E-state index contributed by atoms with van der Waals surface area (Å²) in [6.45, 7) is 7.04. The number of ether oxygens (including phenoxy) is 1. The number of sulfone groups is 1. The summed E-state index contributed by atoms with van der Waals surface area (Å²) < 4.78 is 200. The van der Waals surface area contributed by atoms with Crippen LogP contribution in [0.3, 0.4) is 0 Å². The van der Waals surface area contributed by atoms with Gasteiger partial charge in [0.15, 0.2) is 0 Å². The first-order chi connectivity index (χ1) is 41.8. The lowest BCUT2D eigenvalue weighted by molar-refractivity contribution is 0.242. The fourth-order valence-corrected chi connectivity index (χ4v) is 16.9. The molecule has 0 heterocycles. The van der Waals surface area contributed by atoms with Crippen molar-refractivity contribution in [3.8, 4) is 73.6 Å². The Hall–Kier alpha value is -8.47. The largest absolute Gasteiger partial charge is 0.508 e. The minimum Gasteiger partial charge on any atom is -0.508 e. The summed E-state index contributed by atoms with van der Waals surface area (Å²) in [7, 11) is -29.3. The number of phenols is 2. The average molecular weight is 1350 g/mol. The molecule has 0 amide bonds. The van der Waals surface area contributed by atoms with Gasteiger partial charge >= 0.3 is 40.5 Å². The van der Waals surface area contributed by atoms with E-state index in [-0.39, 0.29) is 76.0 Å².